The summed E-state index contributed by atoms with van der Waals surface area (Å²) in [4.78, 5) is 37.8. The van der Waals surface area contributed by atoms with E-state index in [-0.39, 0.29) is 24.3 Å². The quantitative estimate of drug-likeness (QED) is 0.834. The van der Waals surface area contributed by atoms with E-state index in [4.69, 9.17) is 0 Å². The zero-order valence-corrected chi connectivity index (χ0v) is 13.6. The van der Waals surface area contributed by atoms with Crippen molar-refractivity contribution >= 4 is 23.5 Å². The van der Waals surface area contributed by atoms with E-state index < -0.39 is 11.6 Å². The van der Waals surface area contributed by atoms with Crippen molar-refractivity contribution in [1.29, 1.82) is 0 Å². The molecule has 1 unspecified atom stereocenters. The first-order valence-corrected chi connectivity index (χ1v) is 7.82. The summed E-state index contributed by atoms with van der Waals surface area (Å²) in [5.41, 5.74) is 1.81. The van der Waals surface area contributed by atoms with E-state index in [1.165, 1.54) is 0 Å². The van der Waals surface area contributed by atoms with Crippen molar-refractivity contribution in [2.75, 3.05) is 11.9 Å². The topological polar surface area (TPSA) is 78.5 Å². The molecule has 6 nitrogen and oxygen atoms in total. The second kappa shape index (κ2) is 5.37. The average molecular weight is 315 g/mol. The van der Waals surface area contributed by atoms with Crippen LogP contribution >= 0.6 is 0 Å². The van der Waals surface area contributed by atoms with E-state index in [9.17, 15) is 14.4 Å². The van der Waals surface area contributed by atoms with Crippen molar-refractivity contribution in [1.82, 2.24) is 10.2 Å². The Hall–Kier alpha value is -2.37. The lowest BCUT2D eigenvalue weighted by atomic mass is 9.96. The van der Waals surface area contributed by atoms with Crippen LogP contribution in [-0.4, -0.2) is 34.8 Å². The number of nitrogens with zero attached hydrogens (tertiary/aromatic N) is 1. The average Bonchev–Trinajstić information content (AvgIpc) is 3.29. The summed E-state index contributed by atoms with van der Waals surface area (Å²) in [6.45, 7) is 5.31. The van der Waals surface area contributed by atoms with Crippen LogP contribution in [-0.2, 0) is 9.59 Å². The summed E-state index contributed by atoms with van der Waals surface area (Å²) in [5, 5.41) is 5.52. The summed E-state index contributed by atoms with van der Waals surface area (Å²) in [6.07, 6.45) is 1.87. The lowest BCUT2D eigenvalue weighted by Gasteiger charge is -2.20. The van der Waals surface area contributed by atoms with Gasteiger partial charge in [0, 0.05) is 5.69 Å². The Labute approximate surface area is 135 Å². The van der Waals surface area contributed by atoms with Crippen LogP contribution in [0.15, 0.2) is 18.2 Å². The molecule has 23 heavy (non-hydrogen) atoms. The van der Waals surface area contributed by atoms with Gasteiger partial charge in [-0.1, -0.05) is 12.1 Å². The third-order valence-electron chi connectivity index (χ3n) is 4.66. The minimum atomic E-state index is -0.851. The Morgan fingerprint density at radius 2 is 2.04 bits per heavy atom. The molecule has 122 valence electrons. The molecule has 0 radical (unpaired) electrons. The van der Waals surface area contributed by atoms with Crippen LogP contribution < -0.4 is 10.6 Å². The van der Waals surface area contributed by atoms with Gasteiger partial charge < -0.3 is 10.6 Å². The van der Waals surface area contributed by atoms with E-state index >= 15 is 0 Å². The Morgan fingerprint density at radius 1 is 1.35 bits per heavy atom. The van der Waals surface area contributed by atoms with E-state index in [1.54, 1.807) is 6.92 Å². The number of hydrogen-bond acceptors (Lipinski definition) is 3. The fraction of sp³-hybridized carbons (Fsp3) is 0.471. The number of nitrogens with one attached hydrogen (secondary N) is 2. The smallest absolute Gasteiger partial charge is 0.324 e. The van der Waals surface area contributed by atoms with Crippen molar-refractivity contribution in [2.45, 2.75) is 39.2 Å². The molecule has 1 aliphatic carbocycles. The zero-order chi connectivity index (χ0) is 16.8. The standard InChI is InChI=1S/C17H21N3O3/c1-10-4-5-11(2)13(8-10)18-14(21)9-20-15(22)17(3,12-6-7-12)19-16(20)23/h4-5,8,12H,6-7,9H2,1-3H3,(H,18,21)(H,19,23). The monoisotopic (exact) mass is 315 g/mol. The van der Waals surface area contributed by atoms with Crippen molar-refractivity contribution in [3.63, 3.8) is 0 Å². The second-order valence-corrected chi connectivity index (χ2v) is 6.66. The predicted octanol–water partition coefficient (Wildman–Crippen LogP) is 1.96. The number of imide groups is 1. The van der Waals surface area contributed by atoms with Gasteiger partial charge in [0.15, 0.2) is 0 Å². The van der Waals surface area contributed by atoms with Gasteiger partial charge in [0.25, 0.3) is 5.91 Å². The Kier molecular flexibility index (Phi) is 3.62. The molecule has 2 fully saturated rings. The predicted molar refractivity (Wildman–Crippen MR) is 85.9 cm³/mol. The largest absolute Gasteiger partial charge is 0.325 e. The number of rotatable bonds is 4. The first-order chi connectivity index (χ1) is 10.8. The van der Waals surface area contributed by atoms with Gasteiger partial charge in [0.2, 0.25) is 5.91 Å². The van der Waals surface area contributed by atoms with E-state index in [0.717, 1.165) is 28.9 Å². The minimum absolute atomic E-state index is 0.186. The molecule has 3 rings (SSSR count). The molecule has 4 amide bonds. The number of hydrogen-bond donors (Lipinski definition) is 2. The maximum atomic E-state index is 12.5. The Bertz CT molecular complexity index is 696. The molecule has 1 atom stereocenters. The van der Waals surface area contributed by atoms with Crippen LogP contribution in [0.25, 0.3) is 0 Å². The van der Waals surface area contributed by atoms with Crippen molar-refractivity contribution in [3.8, 4) is 0 Å². The van der Waals surface area contributed by atoms with Gasteiger partial charge in [-0.25, -0.2) is 4.79 Å². The zero-order valence-electron chi connectivity index (χ0n) is 13.6. The van der Waals surface area contributed by atoms with Crippen molar-refractivity contribution in [3.05, 3.63) is 29.3 Å². The third kappa shape index (κ3) is 2.81. The maximum Gasteiger partial charge on any atom is 0.325 e. The number of anilines is 1. The van der Waals surface area contributed by atoms with Gasteiger partial charge in [-0.2, -0.15) is 0 Å². The number of aryl methyl sites for hydroxylation is 2. The van der Waals surface area contributed by atoms with Crippen LogP contribution in [0.4, 0.5) is 10.5 Å². The van der Waals surface area contributed by atoms with Gasteiger partial charge >= 0.3 is 6.03 Å². The molecular weight excluding hydrogens is 294 g/mol. The molecule has 1 heterocycles. The third-order valence-corrected chi connectivity index (χ3v) is 4.66. The molecule has 2 N–H and O–H groups in total. The van der Waals surface area contributed by atoms with E-state index in [1.807, 2.05) is 32.0 Å². The van der Waals surface area contributed by atoms with Gasteiger partial charge in [-0.3, -0.25) is 14.5 Å². The highest BCUT2D eigenvalue weighted by Gasteiger charge is 2.56. The lowest BCUT2D eigenvalue weighted by molar-refractivity contribution is -0.134. The number of amides is 4. The van der Waals surface area contributed by atoms with Crippen molar-refractivity contribution in [2.24, 2.45) is 5.92 Å². The number of benzene rings is 1. The van der Waals surface area contributed by atoms with Crippen molar-refractivity contribution < 1.29 is 14.4 Å². The van der Waals surface area contributed by atoms with Gasteiger partial charge in [-0.15, -0.1) is 0 Å². The highest BCUT2D eigenvalue weighted by atomic mass is 16.2. The normalized spacial score (nSPS) is 23.9. The molecular formula is C17H21N3O3. The van der Waals surface area contributed by atoms with Gasteiger partial charge in [0.05, 0.1) is 0 Å². The van der Waals surface area contributed by atoms with Crippen LogP contribution in [0.1, 0.15) is 30.9 Å². The molecule has 2 aliphatic rings. The fourth-order valence-electron chi connectivity index (χ4n) is 3.00. The summed E-state index contributed by atoms with van der Waals surface area (Å²) in [6, 6.07) is 5.26. The molecule has 1 aliphatic heterocycles. The summed E-state index contributed by atoms with van der Waals surface area (Å²) in [5.74, 6) is -0.491. The Morgan fingerprint density at radius 3 is 2.70 bits per heavy atom. The molecule has 1 aromatic rings. The molecule has 1 saturated carbocycles. The highest BCUT2D eigenvalue weighted by Crippen LogP contribution is 2.42. The Balaban J connectivity index is 1.69. The summed E-state index contributed by atoms with van der Waals surface area (Å²) >= 11 is 0. The first-order valence-electron chi connectivity index (χ1n) is 7.82. The van der Waals surface area contributed by atoms with Crippen LogP contribution in [0.2, 0.25) is 0 Å². The second-order valence-electron chi connectivity index (χ2n) is 6.66. The minimum Gasteiger partial charge on any atom is -0.324 e. The number of carbonyl (C=O) groups excluding carboxylic acids is 3. The number of urea groups is 1. The van der Waals surface area contributed by atoms with Crippen LogP contribution in [0.3, 0.4) is 0 Å². The van der Waals surface area contributed by atoms with Gasteiger partial charge in [-0.05, 0) is 56.7 Å². The molecule has 0 aromatic heterocycles. The SMILES string of the molecule is Cc1ccc(C)c(NC(=O)CN2C(=O)NC(C)(C3CC3)C2=O)c1. The van der Waals surface area contributed by atoms with E-state index in [0.29, 0.717) is 5.69 Å². The molecule has 1 saturated heterocycles. The maximum absolute atomic E-state index is 12.5. The summed E-state index contributed by atoms with van der Waals surface area (Å²) in [7, 11) is 0. The fourth-order valence-corrected chi connectivity index (χ4v) is 3.00. The summed E-state index contributed by atoms with van der Waals surface area (Å²) < 4.78 is 0. The first kappa shape index (κ1) is 15.5. The molecule has 1 aromatic carbocycles. The van der Waals surface area contributed by atoms with Crippen LogP contribution in [0.5, 0.6) is 0 Å². The number of carbonyl (C=O) groups is 3. The molecule has 0 spiro atoms. The lowest BCUT2D eigenvalue weighted by Crippen LogP contribution is -2.46. The highest BCUT2D eigenvalue weighted by molar-refractivity contribution is 6.10. The molecule has 6 heteroatoms. The molecule has 0 bridgehead atoms. The van der Waals surface area contributed by atoms with E-state index in [2.05, 4.69) is 10.6 Å². The van der Waals surface area contributed by atoms with Gasteiger partial charge in [0.1, 0.15) is 12.1 Å². The van der Waals surface area contributed by atoms with Crippen LogP contribution in [0, 0.1) is 19.8 Å².